The first-order valence-electron chi connectivity index (χ1n) is 6.37. The molecule has 0 fully saturated rings. The van der Waals surface area contributed by atoms with Crippen molar-refractivity contribution in [1.29, 1.82) is 0 Å². The first-order chi connectivity index (χ1) is 8.28. The average molecular weight is 251 g/mol. The molecule has 0 amide bonds. The molecule has 1 heterocycles. The number of hydrogen-bond donors (Lipinski definition) is 2. The van der Waals surface area contributed by atoms with Crippen molar-refractivity contribution in [1.82, 2.24) is 10.3 Å². The molecule has 0 radical (unpaired) electrons. The average Bonchev–Trinajstić information content (AvgIpc) is 2.25. The van der Waals surface area contributed by atoms with Crippen LogP contribution in [0.2, 0.25) is 0 Å². The molecule has 102 valence electrons. The van der Waals surface area contributed by atoms with Crippen LogP contribution in [0, 0.1) is 0 Å². The van der Waals surface area contributed by atoms with Gasteiger partial charge in [-0.3, -0.25) is 0 Å². The number of pyridine rings is 1. The van der Waals surface area contributed by atoms with Gasteiger partial charge >= 0.3 is 0 Å². The number of aromatic nitrogens is 1. The molecular weight excluding hydrogens is 226 g/mol. The number of nitrogens with one attached hydrogen (secondary N) is 1. The molecule has 0 saturated carbocycles. The maximum atomic E-state index is 9.33. The van der Waals surface area contributed by atoms with Gasteiger partial charge in [-0.15, -0.1) is 0 Å². The van der Waals surface area contributed by atoms with E-state index in [0.29, 0.717) is 6.54 Å². The van der Waals surface area contributed by atoms with Crippen molar-refractivity contribution in [3.05, 3.63) is 23.9 Å². The largest absolute Gasteiger partial charge is 0.392 e. The highest BCUT2D eigenvalue weighted by atomic mass is 16.3. The summed E-state index contributed by atoms with van der Waals surface area (Å²) < 4.78 is 0. The molecular formula is C14H25N3O. The van der Waals surface area contributed by atoms with E-state index >= 15 is 0 Å². The first-order valence-corrected chi connectivity index (χ1v) is 6.37. The van der Waals surface area contributed by atoms with Crippen LogP contribution < -0.4 is 10.2 Å². The minimum absolute atomic E-state index is 0.113. The molecule has 1 aromatic heterocycles. The zero-order valence-electron chi connectivity index (χ0n) is 12.1. The summed E-state index contributed by atoms with van der Waals surface area (Å²) >= 11 is 0. The number of aliphatic hydroxyl groups excluding tert-OH is 1. The second-order valence-corrected chi connectivity index (χ2v) is 5.86. The van der Waals surface area contributed by atoms with Gasteiger partial charge in [-0.25, -0.2) is 4.98 Å². The molecule has 4 nitrogen and oxygen atoms in total. The normalized spacial score (nSPS) is 13.4. The summed E-state index contributed by atoms with van der Waals surface area (Å²) in [6.45, 7) is 9.61. The summed E-state index contributed by atoms with van der Waals surface area (Å²) in [4.78, 5) is 6.36. The van der Waals surface area contributed by atoms with Crippen LogP contribution in [-0.4, -0.2) is 35.3 Å². The monoisotopic (exact) mass is 251 g/mol. The van der Waals surface area contributed by atoms with Gasteiger partial charge in [0, 0.05) is 31.9 Å². The fraction of sp³-hybridized carbons (Fsp3) is 0.643. The minimum atomic E-state index is -0.348. The van der Waals surface area contributed by atoms with E-state index in [4.69, 9.17) is 0 Å². The quantitative estimate of drug-likeness (QED) is 0.837. The Hall–Kier alpha value is -1.13. The Morgan fingerprint density at radius 1 is 1.39 bits per heavy atom. The van der Waals surface area contributed by atoms with Crippen molar-refractivity contribution in [3.8, 4) is 0 Å². The smallest absolute Gasteiger partial charge is 0.128 e. The maximum Gasteiger partial charge on any atom is 0.128 e. The van der Waals surface area contributed by atoms with Crippen LogP contribution in [0.25, 0.3) is 0 Å². The molecule has 0 aliphatic carbocycles. The van der Waals surface area contributed by atoms with Crippen molar-refractivity contribution < 1.29 is 5.11 Å². The van der Waals surface area contributed by atoms with Crippen molar-refractivity contribution in [2.24, 2.45) is 0 Å². The van der Waals surface area contributed by atoms with Crippen LogP contribution in [-0.2, 0) is 6.54 Å². The zero-order chi connectivity index (χ0) is 13.8. The molecule has 0 spiro atoms. The predicted octanol–water partition coefficient (Wildman–Crippen LogP) is 1.79. The third-order valence-corrected chi connectivity index (χ3v) is 2.56. The molecule has 1 atom stereocenters. The predicted molar refractivity (Wildman–Crippen MR) is 75.8 cm³/mol. The van der Waals surface area contributed by atoms with Crippen LogP contribution in [0.3, 0.4) is 0 Å². The second-order valence-electron chi connectivity index (χ2n) is 5.86. The fourth-order valence-electron chi connectivity index (χ4n) is 1.60. The Morgan fingerprint density at radius 3 is 2.50 bits per heavy atom. The van der Waals surface area contributed by atoms with Crippen molar-refractivity contribution in [2.45, 2.75) is 45.9 Å². The van der Waals surface area contributed by atoms with Crippen molar-refractivity contribution in [3.63, 3.8) is 0 Å². The van der Waals surface area contributed by atoms with Gasteiger partial charge in [0.15, 0.2) is 0 Å². The zero-order valence-corrected chi connectivity index (χ0v) is 12.1. The highest BCUT2D eigenvalue weighted by molar-refractivity contribution is 5.38. The molecule has 2 N–H and O–H groups in total. The standard InChI is InChI=1S/C14H25N3O/c1-11(18)10-17(5)13-7-6-12(8-15-13)9-16-14(2,3)4/h6-8,11,16,18H,9-10H2,1-5H3. The third kappa shape index (κ3) is 5.47. The lowest BCUT2D eigenvalue weighted by atomic mass is 10.1. The van der Waals surface area contributed by atoms with Gasteiger partial charge < -0.3 is 15.3 Å². The van der Waals surface area contributed by atoms with Gasteiger partial charge in [-0.2, -0.15) is 0 Å². The van der Waals surface area contributed by atoms with E-state index < -0.39 is 0 Å². The molecule has 1 unspecified atom stereocenters. The highest BCUT2D eigenvalue weighted by Gasteiger charge is 2.09. The molecule has 0 aliphatic heterocycles. The summed E-state index contributed by atoms with van der Waals surface area (Å²) in [5.74, 6) is 0.885. The number of anilines is 1. The van der Waals surface area contributed by atoms with Crippen LogP contribution in [0.5, 0.6) is 0 Å². The van der Waals surface area contributed by atoms with Crippen LogP contribution in [0.15, 0.2) is 18.3 Å². The van der Waals surface area contributed by atoms with E-state index in [1.165, 1.54) is 5.56 Å². The molecule has 0 aromatic carbocycles. The van der Waals surface area contributed by atoms with E-state index in [0.717, 1.165) is 12.4 Å². The number of aliphatic hydroxyl groups is 1. The van der Waals surface area contributed by atoms with E-state index in [1.807, 2.05) is 24.2 Å². The van der Waals surface area contributed by atoms with Gasteiger partial charge in [0.05, 0.1) is 6.10 Å². The van der Waals surface area contributed by atoms with E-state index in [1.54, 1.807) is 6.92 Å². The summed E-state index contributed by atoms with van der Waals surface area (Å²) in [6, 6.07) is 4.06. The van der Waals surface area contributed by atoms with Crippen LogP contribution >= 0.6 is 0 Å². The van der Waals surface area contributed by atoms with Gasteiger partial charge in [0.1, 0.15) is 5.82 Å². The SMILES string of the molecule is CC(O)CN(C)c1ccc(CNC(C)(C)C)cn1. The summed E-state index contributed by atoms with van der Waals surface area (Å²) in [6.07, 6.45) is 1.53. The fourth-order valence-corrected chi connectivity index (χ4v) is 1.60. The Kier molecular flexibility index (Phi) is 5.11. The summed E-state index contributed by atoms with van der Waals surface area (Å²) in [7, 11) is 1.93. The highest BCUT2D eigenvalue weighted by Crippen LogP contribution is 2.11. The topological polar surface area (TPSA) is 48.4 Å². The molecule has 1 rings (SSSR count). The van der Waals surface area contributed by atoms with Crippen molar-refractivity contribution in [2.75, 3.05) is 18.5 Å². The molecule has 1 aromatic rings. The summed E-state index contributed by atoms with van der Waals surface area (Å²) in [5.41, 5.74) is 1.28. The van der Waals surface area contributed by atoms with Gasteiger partial charge in [-0.1, -0.05) is 6.07 Å². The molecule has 0 bridgehead atoms. The van der Waals surface area contributed by atoms with Gasteiger partial charge in [0.2, 0.25) is 0 Å². The molecule has 0 saturated heterocycles. The van der Waals surface area contributed by atoms with Gasteiger partial charge in [0.25, 0.3) is 0 Å². The van der Waals surface area contributed by atoms with E-state index in [9.17, 15) is 5.11 Å². The summed E-state index contributed by atoms with van der Waals surface area (Å²) in [5, 5.41) is 12.8. The van der Waals surface area contributed by atoms with E-state index in [2.05, 4.69) is 37.1 Å². The Bertz CT molecular complexity index is 354. The number of nitrogens with zero attached hydrogens (tertiary/aromatic N) is 2. The minimum Gasteiger partial charge on any atom is -0.392 e. The Labute approximate surface area is 110 Å². The van der Waals surface area contributed by atoms with Crippen molar-refractivity contribution >= 4 is 5.82 Å². The maximum absolute atomic E-state index is 9.33. The van der Waals surface area contributed by atoms with Crippen LogP contribution in [0.1, 0.15) is 33.3 Å². The van der Waals surface area contributed by atoms with E-state index in [-0.39, 0.29) is 11.6 Å². The third-order valence-electron chi connectivity index (χ3n) is 2.56. The number of rotatable bonds is 5. The number of hydrogen-bond acceptors (Lipinski definition) is 4. The molecule has 18 heavy (non-hydrogen) atoms. The lowest BCUT2D eigenvalue weighted by Crippen LogP contribution is -2.35. The Morgan fingerprint density at radius 2 is 2.06 bits per heavy atom. The lowest BCUT2D eigenvalue weighted by Gasteiger charge is -2.22. The lowest BCUT2D eigenvalue weighted by molar-refractivity contribution is 0.201. The second kappa shape index (κ2) is 6.16. The Balaban J connectivity index is 2.57. The first kappa shape index (κ1) is 14.9. The number of likely N-dealkylation sites (N-methyl/N-ethyl adjacent to an activating group) is 1. The van der Waals surface area contributed by atoms with Crippen LogP contribution in [0.4, 0.5) is 5.82 Å². The molecule has 0 aliphatic rings. The van der Waals surface area contributed by atoms with Gasteiger partial charge in [-0.05, 0) is 39.3 Å². The molecule has 4 heteroatoms.